The molecule has 0 aliphatic heterocycles. The molecule has 0 saturated carbocycles. The zero-order valence-corrected chi connectivity index (χ0v) is 24.4. The monoisotopic (exact) mass is 591 g/mol. The van der Waals surface area contributed by atoms with Gasteiger partial charge in [-0.05, 0) is 96.0 Å². The van der Waals surface area contributed by atoms with Crippen molar-refractivity contribution in [2.45, 2.75) is 26.2 Å². The lowest BCUT2D eigenvalue weighted by Gasteiger charge is -2.19. The van der Waals surface area contributed by atoms with Crippen LogP contribution in [0.4, 0.5) is 11.4 Å². The normalized spacial score (nSPS) is 11.3. The van der Waals surface area contributed by atoms with Gasteiger partial charge in [-0.3, -0.25) is 14.9 Å². The average Bonchev–Trinajstić information content (AvgIpc) is 3.37. The highest BCUT2D eigenvalue weighted by molar-refractivity contribution is 7.80. The summed E-state index contributed by atoms with van der Waals surface area (Å²) in [6, 6.07) is 23.2. The highest BCUT2D eigenvalue weighted by Crippen LogP contribution is 2.31. The predicted octanol–water partition coefficient (Wildman–Crippen LogP) is 8.33. The van der Waals surface area contributed by atoms with Crippen molar-refractivity contribution in [3.63, 3.8) is 0 Å². The molecule has 1 aromatic heterocycles. The number of benzene rings is 3. The number of thiocarbonyl (C=S) groups is 1. The highest BCUT2D eigenvalue weighted by Gasteiger charge is 2.14. The quantitative estimate of drug-likeness (QED) is 0.155. The summed E-state index contributed by atoms with van der Waals surface area (Å²) in [5.41, 5.74) is 3.73. The Kier molecular flexibility index (Phi) is 9.10. The molecule has 0 spiro atoms. The number of anilines is 2. The van der Waals surface area contributed by atoms with Crippen molar-refractivity contribution in [2.24, 2.45) is 0 Å². The maximum Gasteiger partial charge on any atom is 0.255 e. The maximum absolute atomic E-state index is 12.6. The number of rotatable bonds is 6. The SMILES string of the molecule is CC(C)(C)c1ccc(C(=O)Nc2ccc(NC(=S)NC(=O)/C=C/c3ccc(-c4ccc(Cl)cc4Cl)o3)cc2)cc1. The fraction of sp³-hybridized carbons (Fsp3) is 0.129. The number of carbonyl (C=O) groups is 2. The number of furan rings is 1. The minimum Gasteiger partial charge on any atom is -0.457 e. The van der Waals surface area contributed by atoms with Gasteiger partial charge in [-0.2, -0.15) is 0 Å². The molecule has 0 fully saturated rings. The van der Waals surface area contributed by atoms with E-state index in [1.54, 1.807) is 54.6 Å². The topological polar surface area (TPSA) is 83.4 Å². The zero-order chi connectivity index (χ0) is 28.9. The molecule has 0 unspecified atom stereocenters. The molecule has 3 N–H and O–H groups in total. The van der Waals surface area contributed by atoms with E-state index in [1.807, 2.05) is 24.3 Å². The van der Waals surface area contributed by atoms with Crippen molar-refractivity contribution in [1.82, 2.24) is 5.32 Å². The van der Waals surface area contributed by atoms with E-state index in [0.29, 0.717) is 44.1 Å². The van der Waals surface area contributed by atoms with E-state index in [1.165, 1.54) is 12.2 Å². The minimum absolute atomic E-state index is 0.0192. The van der Waals surface area contributed by atoms with Gasteiger partial charge in [0.2, 0.25) is 5.91 Å². The van der Waals surface area contributed by atoms with Crippen LogP contribution < -0.4 is 16.0 Å². The van der Waals surface area contributed by atoms with Crippen LogP contribution in [0, 0.1) is 0 Å². The largest absolute Gasteiger partial charge is 0.457 e. The molecule has 0 aliphatic carbocycles. The minimum atomic E-state index is -0.429. The van der Waals surface area contributed by atoms with E-state index in [2.05, 4.69) is 36.7 Å². The third-order valence-electron chi connectivity index (χ3n) is 5.87. The first-order valence-electron chi connectivity index (χ1n) is 12.4. The number of carbonyl (C=O) groups excluding carboxylic acids is 2. The van der Waals surface area contributed by atoms with Crippen molar-refractivity contribution in [1.29, 1.82) is 0 Å². The van der Waals surface area contributed by atoms with Crippen molar-refractivity contribution in [2.75, 3.05) is 10.6 Å². The smallest absolute Gasteiger partial charge is 0.255 e. The van der Waals surface area contributed by atoms with E-state index >= 15 is 0 Å². The lowest BCUT2D eigenvalue weighted by molar-refractivity contribution is -0.115. The van der Waals surface area contributed by atoms with Gasteiger partial charge in [0.25, 0.3) is 5.91 Å². The fourth-order valence-corrected chi connectivity index (χ4v) is 4.43. The Bertz CT molecular complexity index is 1570. The Morgan fingerprint density at radius 1 is 0.850 bits per heavy atom. The second-order valence-electron chi connectivity index (χ2n) is 9.96. The van der Waals surface area contributed by atoms with E-state index in [0.717, 1.165) is 5.56 Å². The molecule has 1 heterocycles. The first kappa shape index (κ1) is 29.1. The molecular weight excluding hydrogens is 565 g/mol. The first-order chi connectivity index (χ1) is 19.0. The maximum atomic E-state index is 12.6. The summed E-state index contributed by atoms with van der Waals surface area (Å²) in [4.78, 5) is 24.9. The van der Waals surface area contributed by atoms with Gasteiger partial charge < -0.3 is 15.1 Å². The fourth-order valence-electron chi connectivity index (χ4n) is 3.71. The Morgan fingerprint density at radius 2 is 1.50 bits per heavy atom. The van der Waals surface area contributed by atoms with E-state index in [9.17, 15) is 9.59 Å². The molecule has 6 nitrogen and oxygen atoms in total. The molecule has 0 atom stereocenters. The van der Waals surface area contributed by atoms with Crippen LogP contribution in [-0.2, 0) is 10.2 Å². The molecule has 0 bridgehead atoms. The van der Waals surface area contributed by atoms with Gasteiger partial charge in [-0.1, -0.05) is 56.1 Å². The van der Waals surface area contributed by atoms with Crippen molar-refractivity contribution in [3.8, 4) is 11.3 Å². The van der Waals surface area contributed by atoms with Gasteiger partial charge in [0.15, 0.2) is 5.11 Å². The summed E-state index contributed by atoms with van der Waals surface area (Å²) in [5, 5.41) is 9.52. The summed E-state index contributed by atoms with van der Waals surface area (Å²) >= 11 is 17.4. The van der Waals surface area contributed by atoms with Crippen LogP contribution in [0.15, 0.2) is 89.4 Å². The Labute approximate surface area is 248 Å². The molecule has 40 heavy (non-hydrogen) atoms. The van der Waals surface area contributed by atoms with Gasteiger partial charge >= 0.3 is 0 Å². The lowest BCUT2D eigenvalue weighted by Crippen LogP contribution is -2.32. The summed E-state index contributed by atoms with van der Waals surface area (Å²) in [6.07, 6.45) is 2.84. The molecule has 3 aromatic carbocycles. The first-order valence-corrected chi connectivity index (χ1v) is 13.5. The van der Waals surface area contributed by atoms with Crippen LogP contribution >= 0.6 is 35.4 Å². The van der Waals surface area contributed by atoms with Gasteiger partial charge in [0.05, 0.1) is 5.02 Å². The van der Waals surface area contributed by atoms with Crippen molar-refractivity contribution < 1.29 is 14.0 Å². The molecule has 4 aromatic rings. The zero-order valence-electron chi connectivity index (χ0n) is 22.0. The molecule has 2 amide bonds. The number of nitrogens with one attached hydrogen (secondary N) is 3. The summed E-state index contributed by atoms with van der Waals surface area (Å²) in [5.74, 6) is 0.395. The lowest BCUT2D eigenvalue weighted by atomic mass is 9.87. The van der Waals surface area contributed by atoms with Gasteiger partial charge in [-0.15, -0.1) is 0 Å². The second-order valence-corrected chi connectivity index (χ2v) is 11.2. The van der Waals surface area contributed by atoms with Crippen LogP contribution in [0.5, 0.6) is 0 Å². The molecule has 9 heteroatoms. The van der Waals surface area contributed by atoms with E-state index in [-0.39, 0.29) is 16.4 Å². The molecular formula is C31H27Cl2N3O3S. The van der Waals surface area contributed by atoms with Crippen LogP contribution in [0.3, 0.4) is 0 Å². The number of halogens is 2. The van der Waals surface area contributed by atoms with Gasteiger partial charge in [-0.25, -0.2) is 0 Å². The van der Waals surface area contributed by atoms with Crippen LogP contribution in [0.2, 0.25) is 10.0 Å². The van der Waals surface area contributed by atoms with E-state index < -0.39 is 5.91 Å². The summed E-state index contributed by atoms with van der Waals surface area (Å²) < 4.78 is 5.75. The van der Waals surface area contributed by atoms with Gasteiger partial charge in [0.1, 0.15) is 11.5 Å². The van der Waals surface area contributed by atoms with Crippen molar-refractivity contribution in [3.05, 3.63) is 112 Å². The van der Waals surface area contributed by atoms with Crippen molar-refractivity contribution >= 4 is 69.8 Å². The summed E-state index contributed by atoms with van der Waals surface area (Å²) in [6.45, 7) is 6.38. The standard InChI is InChI=1S/C31H27Cl2N3O3S/c1-31(2,3)20-6-4-19(5-7-20)29(38)34-22-9-11-23(12-10-22)35-30(40)36-28(37)17-14-24-13-16-27(39-24)25-15-8-21(32)18-26(25)33/h4-18H,1-3H3,(H,34,38)(H2,35,36,37,40)/b17-14+. The molecule has 0 saturated heterocycles. The Hall–Kier alpha value is -3.91. The summed E-state index contributed by atoms with van der Waals surface area (Å²) in [7, 11) is 0. The van der Waals surface area contributed by atoms with Crippen LogP contribution in [0.25, 0.3) is 17.4 Å². The molecule has 0 aliphatic rings. The number of hydrogen-bond acceptors (Lipinski definition) is 4. The van der Waals surface area contributed by atoms with Crippen LogP contribution in [-0.4, -0.2) is 16.9 Å². The second kappa shape index (κ2) is 12.5. The highest BCUT2D eigenvalue weighted by atomic mass is 35.5. The Morgan fingerprint density at radius 3 is 2.12 bits per heavy atom. The molecule has 4 rings (SSSR count). The average molecular weight is 593 g/mol. The predicted molar refractivity (Wildman–Crippen MR) is 167 cm³/mol. The third kappa shape index (κ3) is 7.82. The van der Waals surface area contributed by atoms with Crippen LogP contribution in [0.1, 0.15) is 42.5 Å². The Balaban J connectivity index is 1.27. The number of amides is 2. The number of hydrogen-bond donors (Lipinski definition) is 3. The van der Waals surface area contributed by atoms with Gasteiger partial charge in [0, 0.05) is 33.6 Å². The molecule has 204 valence electrons. The van der Waals surface area contributed by atoms with E-state index in [4.69, 9.17) is 39.8 Å². The third-order valence-corrected chi connectivity index (χ3v) is 6.62. The molecule has 0 radical (unpaired) electrons.